The molecule has 0 spiro atoms. The first-order valence-corrected chi connectivity index (χ1v) is 11.0. The summed E-state index contributed by atoms with van der Waals surface area (Å²) in [7, 11) is 0. The Kier molecular flexibility index (Phi) is 7.35. The van der Waals surface area contributed by atoms with Crippen molar-refractivity contribution >= 4 is 29.3 Å². The molecule has 0 radical (unpaired) electrons. The molecule has 0 saturated heterocycles. The van der Waals surface area contributed by atoms with Gasteiger partial charge < -0.3 is 14.8 Å². The van der Waals surface area contributed by atoms with Crippen LogP contribution in [0.15, 0.2) is 83.3 Å². The monoisotopic (exact) mass is 498 g/mol. The molecule has 2 aromatic carbocycles. The molecule has 37 heavy (non-hydrogen) atoms. The quantitative estimate of drug-likeness (QED) is 0.228. The van der Waals surface area contributed by atoms with Crippen molar-refractivity contribution in [2.24, 2.45) is 0 Å². The highest BCUT2D eigenvalue weighted by atomic mass is 19.1. The summed E-state index contributed by atoms with van der Waals surface area (Å²) in [6.07, 6.45) is 2.57. The number of anilines is 1. The number of carbonyl (C=O) groups excluding carboxylic acids is 2. The maximum Gasteiger partial charge on any atom is 0.338 e. The SMILES string of the molecule is CCOC(=O)c1ccc(NC(=O)/C(C#N)=C\c2c(Oc3ccc(F)cc3)nc3ccccn3c2=O)cc1. The normalized spacial score (nSPS) is 11.0. The largest absolute Gasteiger partial charge is 0.462 e. The molecule has 0 aliphatic rings. The van der Waals surface area contributed by atoms with Crippen LogP contribution in [0.1, 0.15) is 22.8 Å². The molecule has 0 atom stereocenters. The molecule has 4 rings (SSSR count). The van der Waals surface area contributed by atoms with Gasteiger partial charge in [0, 0.05) is 11.9 Å². The second kappa shape index (κ2) is 11.0. The number of halogens is 1. The lowest BCUT2D eigenvalue weighted by Crippen LogP contribution is -2.20. The summed E-state index contributed by atoms with van der Waals surface area (Å²) < 4.78 is 25.2. The Hall–Kier alpha value is -5.30. The highest BCUT2D eigenvalue weighted by molar-refractivity contribution is 6.10. The number of hydrogen-bond acceptors (Lipinski definition) is 7. The Labute approximate surface area is 210 Å². The minimum absolute atomic E-state index is 0.155. The van der Waals surface area contributed by atoms with Gasteiger partial charge in [-0.15, -0.1) is 0 Å². The van der Waals surface area contributed by atoms with E-state index in [-0.39, 0.29) is 29.4 Å². The van der Waals surface area contributed by atoms with Crippen molar-refractivity contribution in [2.75, 3.05) is 11.9 Å². The molecule has 0 aliphatic carbocycles. The number of nitriles is 1. The van der Waals surface area contributed by atoms with Crippen LogP contribution in [0, 0.1) is 17.1 Å². The summed E-state index contributed by atoms with van der Waals surface area (Å²) in [5.74, 6) is -1.74. The Balaban J connectivity index is 1.69. The van der Waals surface area contributed by atoms with Gasteiger partial charge in [0.1, 0.15) is 34.4 Å². The van der Waals surface area contributed by atoms with E-state index in [1.165, 1.54) is 59.1 Å². The third kappa shape index (κ3) is 5.68. The molecule has 1 amide bonds. The Bertz CT molecular complexity index is 1600. The molecule has 0 fully saturated rings. The van der Waals surface area contributed by atoms with Crippen LogP contribution in [0.4, 0.5) is 10.1 Å². The van der Waals surface area contributed by atoms with Crippen LogP contribution < -0.4 is 15.6 Å². The zero-order chi connectivity index (χ0) is 26.4. The molecule has 184 valence electrons. The van der Waals surface area contributed by atoms with Gasteiger partial charge in [-0.1, -0.05) is 6.07 Å². The summed E-state index contributed by atoms with van der Waals surface area (Å²) >= 11 is 0. The third-order valence-electron chi connectivity index (χ3n) is 5.07. The number of rotatable bonds is 7. The maximum atomic E-state index is 13.3. The summed E-state index contributed by atoms with van der Waals surface area (Å²) in [5, 5.41) is 12.2. The Morgan fingerprint density at radius 3 is 2.51 bits per heavy atom. The zero-order valence-electron chi connectivity index (χ0n) is 19.5. The number of nitrogens with zero attached hydrogens (tertiary/aromatic N) is 3. The number of carbonyl (C=O) groups is 2. The summed E-state index contributed by atoms with van der Waals surface area (Å²) in [6, 6.07) is 17.7. The fourth-order valence-electron chi connectivity index (χ4n) is 3.29. The van der Waals surface area contributed by atoms with Crippen LogP contribution in [-0.4, -0.2) is 27.9 Å². The van der Waals surface area contributed by atoms with Crippen molar-refractivity contribution < 1.29 is 23.5 Å². The van der Waals surface area contributed by atoms with E-state index in [0.717, 1.165) is 6.08 Å². The van der Waals surface area contributed by atoms with Crippen molar-refractivity contribution in [1.29, 1.82) is 5.26 Å². The van der Waals surface area contributed by atoms with Gasteiger partial charge in [-0.3, -0.25) is 14.0 Å². The van der Waals surface area contributed by atoms with E-state index in [1.54, 1.807) is 31.2 Å². The molecular formula is C27H19FN4O5. The fourth-order valence-corrected chi connectivity index (χ4v) is 3.29. The van der Waals surface area contributed by atoms with Crippen LogP contribution in [0.25, 0.3) is 11.7 Å². The lowest BCUT2D eigenvalue weighted by Gasteiger charge is -2.10. The van der Waals surface area contributed by atoms with Crippen LogP contribution in [-0.2, 0) is 9.53 Å². The molecule has 9 nitrogen and oxygen atoms in total. The van der Waals surface area contributed by atoms with Crippen molar-refractivity contribution in [3.63, 3.8) is 0 Å². The first kappa shape index (κ1) is 24.8. The third-order valence-corrected chi connectivity index (χ3v) is 5.07. The minimum atomic E-state index is -0.795. The maximum absolute atomic E-state index is 13.3. The lowest BCUT2D eigenvalue weighted by atomic mass is 10.1. The highest BCUT2D eigenvalue weighted by Crippen LogP contribution is 2.24. The number of esters is 1. The van der Waals surface area contributed by atoms with Gasteiger partial charge in [-0.05, 0) is 73.7 Å². The van der Waals surface area contributed by atoms with Gasteiger partial charge in [-0.25, -0.2) is 9.18 Å². The molecule has 0 aliphatic heterocycles. The van der Waals surface area contributed by atoms with Gasteiger partial charge in [-0.2, -0.15) is 10.2 Å². The number of amides is 1. The van der Waals surface area contributed by atoms with Crippen LogP contribution >= 0.6 is 0 Å². The zero-order valence-corrected chi connectivity index (χ0v) is 19.5. The van der Waals surface area contributed by atoms with E-state index < -0.39 is 28.8 Å². The van der Waals surface area contributed by atoms with E-state index in [4.69, 9.17) is 9.47 Å². The van der Waals surface area contributed by atoms with Crippen LogP contribution in [0.5, 0.6) is 11.6 Å². The van der Waals surface area contributed by atoms with E-state index in [2.05, 4.69) is 10.3 Å². The smallest absolute Gasteiger partial charge is 0.338 e. The van der Waals surface area contributed by atoms with Crippen molar-refractivity contribution in [3.8, 4) is 17.7 Å². The molecule has 0 bridgehead atoms. The number of fused-ring (bicyclic) bond motifs is 1. The number of hydrogen-bond donors (Lipinski definition) is 1. The molecular weight excluding hydrogens is 479 g/mol. The summed E-state index contributed by atoms with van der Waals surface area (Å²) in [4.78, 5) is 42.2. The minimum Gasteiger partial charge on any atom is -0.462 e. The summed E-state index contributed by atoms with van der Waals surface area (Å²) in [6.45, 7) is 1.92. The molecule has 0 saturated carbocycles. The molecule has 10 heteroatoms. The number of benzene rings is 2. The van der Waals surface area contributed by atoms with Gasteiger partial charge in [0.15, 0.2) is 0 Å². The van der Waals surface area contributed by atoms with Crippen LogP contribution in [0.3, 0.4) is 0 Å². The van der Waals surface area contributed by atoms with Crippen molar-refractivity contribution in [3.05, 3.63) is 106 Å². The van der Waals surface area contributed by atoms with Crippen LogP contribution in [0.2, 0.25) is 0 Å². The first-order valence-electron chi connectivity index (χ1n) is 11.0. The Morgan fingerprint density at radius 2 is 1.84 bits per heavy atom. The van der Waals surface area contributed by atoms with Gasteiger partial charge in [0.05, 0.1) is 12.2 Å². The molecule has 2 aromatic heterocycles. The highest BCUT2D eigenvalue weighted by Gasteiger charge is 2.18. The summed E-state index contributed by atoms with van der Waals surface area (Å²) in [5.41, 5.74) is -0.247. The number of nitrogens with one attached hydrogen (secondary N) is 1. The molecule has 0 unspecified atom stereocenters. The number of aromatic nitrogens is 2. The fraction of sp³-hybridized carbons (Fsp3) is 0.0741. The predicted octanol–water partition coefficient (Wildman–Crippen LogP) is 4.35. The first-order chi connectivity index (χ1) is 17.9. The molecule has 4 aromatic rings. The number of pyridine rings is 1. The lowest BCUT2D eigenvalue weighted by molar-refractivity contribution is -0.112. The number of ether oxygens (including phenoxy) is 2. The second-order valence-corrected chi connectivity index (χ2v) is 7.54. The molecule has 2 heterocycles. The Morgan fingerprint density at radius 1 is 1.11 bits per heavy atom. The van der Waals surface area contributed by atoms with Gasteiger partial charge in [0.25, 0.3) is 11.5 Å². The van der Waals surface area contributed by atoms with Crippen molar-refractivity contribution in [1.82, 2.24) is 9.38 Å². The van der Waals surface area contributed by atoms with E-state index in [1.807, 2.05) is 0 Å². The van der Waals surface area contributed by atoms with E-state index in [9.17, 15) is 24.0 Å². The van der Waals surface area contributed by atoms with Gasteiger partial charge in [0.2, 0.25) is 5.88 Å². The van der Waals surface area contributed by atoms with E-state index >= 15 is 0 Å². The average Bonchev–Trinajstić information content (AvgIpc) is 2.90. The predicted molar refractivity (Wildman–Crippen MR) is 133 cm³/mol. The van der Waals surface area contributed by atoms with E-state index in [0.29, 0.717) is 11.3 Å². The van der Waals surface area contributed by atoms with Crippen molar-refractivity contribution in [2.45, 2.75) is 6.92 Å². The molecule has 1 N–H and O–H groups in total. The second-order valence-electron chi connectivity index (χ2n) is 7.54. The topological polar surface area (TPSA) is 123 Å². The van der Waals surface area contributed by atoms with Gasteiger partial charge >= 0.3 is 5.97 Å². The standard InChI is InChI=1S/C27H19FN4O5/c1-2-36-27(35)17-6-10-20(11-7-17)30-24(33)18(16-29)15-22-25(37-21-12-8-19(28)9-13-21)31-23-5-3-4-14-32(23)26(22)34/h3-15H,2H2,1H3,(H,30,33)/b18-15-. The average molecular weight is 498 g/mol.